The van der Waals surface area contributed by atoms with E-state index < -0.39 is 10.0 Å². The summed E-state index contributed by atoms with van der Waals surface area (Å²) in [5.74, 6) is 0. The van der Waals surface area contributed by atoms with Crippen LogP contribution in [0.4, 0.5) is 5.00 Å². The molecule has 1 atom stereocenters. The molecule has 2 aromatic rings. The second-order valence-electron chi connectivity index (χ2n) is 3.74. The minimum absolute atomic E-state index is 0.125. The molecule has 0 aliphatic heterocycles. The first-order valence-electron chi connectivity index (χ1n) is 5.15. The van der Waals surface area contributed by atoms with Crippen molar-refractivity contribution in [2.24, 2.45) is 5.73 Å². The average molecular weight is 284 g/mol. The van der Waals surface area contributed by atoms with Crippen LogP contribution in [0.3, 0.4) is 0 Å². The Labute approximate surface area is 109 Å². The van der Waals surface area contributed by atoms with Gasteiger partial charge in [0.15, 0.2) is 0 Å². The highest BCUT2D eigenvalue weighted by Crippen LogP contribution is 2.19. The van der Waals surface area contributed by atoms with Crippen LogP contribution in [-0.2, 0) is 10.0 Å². The number of sulfonamides is 1. The first-order chi connectivity index (χ1) is 8.49. The molecule has 0 bridgehead atoms. The van der Waals surface area contributed by atoms with Gasteiger partial charge in [0.25, 0.3) is 10.0 Å². The second kappa shape index (κ2) is 5.01. The van der Waals surface area contributed by atoms with Gasteiger partial charge < -0.3 is 5.73 Å². The van der Waals surface area contributed by atoms with E-state index in [9.17, 15) is 8.42 Å². The Morgan fingerprint density at radius 3 is 2.50 bits per heavy atom. The van der Waals surface area contributed by atoms with Crippen molar-refractivity contribution in [1.29, 1.82) is 0 Å². The number of nitrogens with zero attached hydrogens (tertiary/aromatic N) is 2. The lowest BCUT2D eigenvalue weighted by Crippen LogP contribution is -2.12. The van der Waals surface area contributed by atoms with Gasteiger partial charge in [0.2, 0.25) is 0 Å². The van der Waals surface area contributed by atoms with Gasteiger partial charge in [-0.15, -0.1) is 5.10 Å². The van der Waals surface area contributed by atoms with Gasteiger partial charge in [-0.05, 0) is 24.6 Å². The molecule has 0 aliphatic rings. The van der Waals surface area contributed by atoms with E-state index in [1.165, 1.54) is 18.3 Å². The van der Waals surface area contributed by atoms with E-state index in [1.807, 2.05) is 6.92 Å². The van der Waals surface area contributed by atoms with E-state index in [2.05, 4.69) is 14.3 Å². The predicted molar refractivity (Wildman–Crippen MR) is 69.8 cm³/mol. The summed E-state index contributed by atoms with van der Waals surface area (Å²) in [6, 6.07) is 6.32. The molecule has 0 saturated carbocycles. The molecule has 3 N–H and O–H groups in total. The molecular formula is C10H12N4O2S2. The molecule has 0 amide bonds. The number of benzene rings is 1. The smallest absolute Gasteiger partial charge is 0.262 e. The lowest BCUT2D eigenvalue weighted by molar-refractivity contribution is 0.601. The summed E-state index contributed by atoms with van der Waals surface area (Å²) in [6.45, 7) is 1.84. The van der Waals surface area contributed by atoms with E-state index in [0.717, 1.165) is 17.1 Å². The predicted octanol–water partition coefficient (Wildman–Crippen LogP) is 1.36. The van der Waals surface area contributed by atoms with Crippen LogP contribution in [0.15, 0.2) is 35.4 Å². The minimum Gasteiger partial charge on any atom is -0.324 e. The van der Waals surface area contributed by atoms with Gasteiger partial charge in [-0.25, -0.2) is 8.42 Å². The third-order valence-corrected chi connectivity index (χ3v) is 4.40. The molecule has 0 spiro atoms. The Bertz CT molecular complexity index is 606. The number of aromatic nitrogens is 2. The Morgan fingerprint density at radius 2 is 2.00 bits per heavy atom. The van der Waals surface area contributed by atoms with Crippen molar-refractivity contribution in [2.45, 2.75) is 17.9 Å². The first-order valence-corrected chi connectivity index (χ1v) is 7.40. The summed E-state index contributed by atoms with van der Waals surface area (Å²) in [7, 11) is -3.59. The van der Waals surface area contributed by atoms with Gasteiger partial charge in [-0.2, -0.15) is 0 Å². The Morgan fingerprint density at radius 1 is 1.33 bits per heavy atom. The van der Waals surface area contributed by atoms with Gasteiger partial charge in [0, 0.05) is 17.6 Å². The van der Waals surface area contributed by atoms with Crippen LogP contribution in [0.2, 0.25) is 0 Å². The molecule has 1 aromatic carbocycles. The molecule has 0 aliphatic carbocycles. The fraction of sp³-hybridized carbons (Fsp3) is 0.200. The average Bonchev–Trinajstić information content (AvgIpc) is 2.81. The molecule has 1 aromatic heterocycles. The molecule has 2 rings (SSSR count). The van der Waals surface area contributed by atoms with Crippen LogP contribution >= 0.6 is 11.5 Å². The van der Waals surface area contributed by atoms with Crippen molar-refractivity contribution in [1.82, 2.24) is 9.59 Å². The maximum atomic E-state index is 12.0. The van der Waals surface area contributed by atoms with Gasteiger partial charge in [0.1, 0.15) is 5.00 Å². The zero-order valence-corrected chi connectivity index (χ0v) is 11.2. The molecule has 18 heavy (non-hydrogen) atoms. The Kier molecular flexibility index (Phi) is 3.60. The van der Waals surface area contributed by atoms with Crippen LogP contribution in [0.25, 0.3) is 0 Å². The number of nitrogens with two attached hydrogens (primary N) is 1. The van der Waals surface area contributed by atoms with Gasteiger partial charge in [0.05, 0.1) is 11.1 Å². The maximum absolute atomic E-state index is 12.0. The molecular weight excluding hydrogens is 272 g/mol. The van der Waals surface area contributed by atoms with E-state index in [0.29, 0.717) is 5.00 Å². The van der Waals surface area contributed by atoms with Crippen LogP contribution < -0.4 is 10.5 Å². The summed E-state index contributed by atoms with van der Waals surface area (Å²) in [6.07, 6.45) is 1.36. The highest BCUT2D eigenvalue weighted by atomic mass is 32.2. The third-order valence-electron chi connectivity index (χ3n) is 2.31. The molecule has 8 heteroatoms. The lowest BCUT2D eigenvalue weighted by atomic mass is 10.1. The van der Waals surface area contributed by atoms with E-state index in [-0.39, 0.29) is 10.9 Å². The van der Waals surface area contributed by atoms with Crippen LogP contribution in [-0.4, -0.2) is 18.0 Å². The van der Waals surface area contributed by atoms with Crippen molar-refractivity contribution in [2.75, 3.05) is 4.72 Å². The zero-order chi connectivity index (χ0) is 13.2. The molecule has 1 unspecified atom stereocenters. The normalized spacial score (nSPS) is 13.2. The SMILES string of the molecule is CC(N)c1ccc(S(=O)(=O)Nc2cnns2)cc1. The van der Waals surface area contributed by atoms with Crippen molar-refractivity contribution >= 4 is 26.6 Å². The summed E-state index contributed by atoms with van der Waals surface area (Å²) >= 11 is 0.981. The summed E-state index contributed by atoms with van der Waals surface area (Å²) < 4.78 is 30.0. The van der Waals surface area contributed by atoms with Crippen molar-refractivity contribution < 1.29 is 8.42 Å². The fourth-order valence-corrected chi connectivity index (χ4v) is 3.04. The highest BCUT2D eigenvalue weighted by molar-refractivity contribution is 7.93. The number of nitrogens with one attached hydrogen (secondary N) is 1. The standard InChI is InChI=1S/C10H12N4O2S2/c1-7(11)8-2-4-9(5-3-8)18(15,16)13-10-6-12-14-17-10/h2-7,13H,11H2,1H3. The summed E-state index contributed by atoms with van der Waals surface area (Å²) in [5, 5.41) is 3.94. The van der Waals surface area contributed by atoms with E-state index in [4.69, 9.17) is 5.73 Å². The number of hydrogen-bond acceptors (Lipinski definition) is 6. The van der Waals surface area contributed by atoms with Crippen molar-refractivity contribution in [3.8, 4) is 0 Å². The van der Waals surface area contributed by atoms with Crippen LogP contribution in [0, 0.1) is 0 Å². The Hall–Kier alpha value is -1.51. The quantitative estimate of drug-likeness (QED) is 0.883. The topological polar surface area (TPSA) is 98.0 Å². The van der Waals surface area contributed by atoms with Gasteiger partial charge >= 0.3 is 0 Å². The maximum Gasteiger partial charge on any atom is 0.262 e. The summed E-state index contributed by atoms with van der Waals surface area (Å²) in [5.41, 5.74) is 6.59. The monoisotopic (exact) mass is 284 g/mol. The number of anilines is 1. The molecule has 0 saturated heterocycles. The van der Waals surface area contributed by atoms with Crippen molar-refractivity contribution in [3.05, 3.63) is 36.0 Å². The van der Waals surface area contributed by atoms with Crippen molar-refractivity contribution in [3.63, 3.8) is 0 Å². The highest BCUT2D eigenvalue weighted by Gasteiger charge is 2.15. The number of hydrogen-bond donors (Lipinski definition) is 2. The Balaban J connectivity index is 2.25. The molecule has 1 heterocycles. The molecule has 0 radical (unpaired) electrons. The lowest BCUT2D eigenvalue weighted by Gasteiger charge is -2.08. The molecule has 96 valence electrons. The number of rotatable bonds is 4. The third kappa shape index (κ3) is 2.84. The van der Waals surface area contributed by atoms with Crippen LogP contribution in [0.1, 0.15) is 18.5 Å². The fourth-order valence-electron chi connectivity index (χ4n) is 1.35. The van der Waals surface area contributed by atoms with E-state index in [1.54, 1.807) is 12.1 Å². The minimum atomic E-state index is -3.59. The zero-order valence-electron chi connectivity index (χ0n) is 9.57. The summed E-state index contributed by atoms with van der Waals surface area (Å²) in [4.78, 5) is 0.181. The van der Waals surface area contributed by atoms with Gasteiger partial charge in [-0.3, -0.25) is 4.72 Å². The largest absolute Gasteiger partial charge is 0.324 e. The second-order valence-corrected chi connectivity index (χ2v) is 6.21. The molecule has 0 fully saturated rings. The van der Waals surface area contributed by atoms with Gasteiger partial charge in [-0.1, -0.05) is 16.6 Å². The first kappa shape index (κ1) is 12.9. The van der Waals surface area contributed by atoms with Crippen LogP contribution in [0.5, 0.6) is 0 Å². The molecule has 6 nitrogen and oxygen atoms in total. The van der Waals surface area contributed by atoms with E-state index >= 15 is 0 Å².